The van der Waals surface area contributed by atoms with Gasteiger partial charge in [0.1, 0.15) is 0 Å². The van der Waals surface area contributed by atoms with Gasteiger partial charge in [0.05, 0.1) is 0 Å². The minimum atomic E-state index is -1.24. The number of carbonyl (C=O) groups is 1. The number of fused-ring (bicyclic) bond motifs is 1. The predicted molar refractivity (Wildman–Crippen MR) is 123 cm³/mol. The van der Waals surface area contributed by atoms with E-state index in [1.165, 1.54) is 16.8 Å². The van der Waals surface area contributed by atoms with Gasteiger partial charge in [0.15, 0.2) is 0 Å². The van der Waals surface area contributed by atoms with Crippen LogP contribution in [0.1, 0.15) is 16.8 Å². The second-order valence-electron chi connectivity index (χ2n) is 8.06. The maximum atomic E-state index is 13.7. The van der Waals surface area contributed by atoms with Crippen molar-refractivity contribution in [3.05, 3.63) is 83.9 Å². The summed E-state index contributed by atoms with van der Waals surface area (Å²) in [5.41, 5.74) is 9.37. The molecule has 3 aromatic rings. The van der Waals surface area contributed by atoms with Crippen molar-refractivity contribution in [2.75, 3.05) is 18.0 Å². The van der Waals surface area contributed by atoms with E-state index in [1.807, 2.05) is 12.3 Å². The normalized spacial score (nSPS) is 15.0. The second-order valence-corrected chi connectivity index (χ2v) is 13.4. The molecule has 1 unspecified atom stereocenters. The first-order valence-electron chi connectivity index (χ1n) is 10.4. The Morgan fingerprint density at radius 1 is 1.10 bits per heavy atom. The number of rotatable bonds is 6. The summed E-state index contributed by atoms with van der Waals surface area (Å²) >= 11 is -1.24. The zero-order valence-electron chi connectivity index (χ0n) is 17.7. The molecule has 6 heteroatoms. The van der Waals surface area contributed by atoms with Crippen LogP contribution in [0.15, 0.2) is 67.1 Å². The number of anilines is 1. The number of aromatic amines is 1. The Bertz CT molecular complexity index is 958. The fraction of sp³-hybridized carbons (Fsp3) is 0.333. The third kappa shape index (κ3) is 4.79. The van der Waals surface area contributed by atoms with Crippen LogP contribution in [0.2, 0.25) is 16.1 Å². The molecule has 1 amide bonds. The molecule has 0 bridgehead atoms. The van der Waals surface area contributed by atoms with Gasteiger partial charge in [-0.15, -0.1) is 0 Å². The molecular weight excluding hydrogens is 435 g/mol. The molecule has 0 aliphatic carbocycles. The number of amides is 1. The molecule has 1 aliphatic rings. The van der Waals surface area contributed by atoms with Gasteiger partial charge in [0.25, 0.3) is 0 Å². The van der Waals surface area contributed by atoms with E-state index < -0.39 is 14.7 Å². The molecule has 0 spiro atoms. The standard InChI is InChI=1S/C24H29AsN4O/c1-25(2)22(14-19-8-4-3-5-9-19)24(30)29-13-12-28(17-21-15-26-18-27-21)23-11-7-6-10-20(23)16-29/h3-11,15,18,22H,12-14,16-17H2,1-2H3,(H,26,27). The van der Waals surface area contributed by atoms with Crippen molar-refractivity contribution in [1.29, 1.82) is 0 Å². The van der Waals surface area contributed by atoms with Crippen molar-refractivity contribution >= 4 is 26.2 Å². The summed E-state index contributed by atoms with van der Waals surface area (Å²) in [5.74, 6) is 0.321. The quantitative estimate of drug-likeness (QED) is 0.559. The average molecular weight is 464 g/mol. The molecule has 0 saturated carbocycles. The zero-order chi connectivity index (χ0) is 20.9. The summed E-state index contributed by atoms with van der Waals surface area (Å²) in [7, 11) is 0. The number of imidazole rings is 1. The SMILES string of the molecule is C[As](C)C(Cc1ccccc1)C(=O)N1CCN(Cc2cnc[nH]2)c2ccccc2C1. The fourth-order valence-corrected chi connectivity index (χ4v) is 6.55. The van der Waals surface area contributed by atoms with Crippen molar-refractivity contribution in [2.45, 2.75) is 35.6 Å². The summed E-state index contributed by atoms with van der Waals surface area (Å²) in [6.07, 6.45) is 4.44. The molecule has 0 saturated heterocycles. The molecule has 5 nitrogen and oxygen atoms in total. The van der Waals surface area contributed by atoms with Crippen LogP contribution >= 0.6 is 0 Å². The molecule has 0 radical (unpaired) electrons. The number of benzene rings is 2. The molecule has 0 fully saturated rings. The number of hydrogen-bond donors (Lipinski definition) is 1. The third-order valence-electron chi connectivity index (χ3n) is 5.74. The Kier molecular flexibility index (Phi) is 6.59. The summed E-state index contributed by atoms with van der Waals surface area (Å²) in [6.45, 7) is 3.02. The van der Waals surface area contributed by atoms with Gasteiger partial charge in [-0.2, -0.15) is 0 Å². The number of hydrogen-bond acceptors (Lipinski definition) is 3. The second kappa shape index (κ2) is 9.53. The third-order valence-corrected chi connectivity index (χ3v) is 9.20. The molecule has 1 atom stereocenters. The van der Waals surface area contributed by atoms with Gasteiger partial charge in [-0.3, -0.25) is 0 Å². The average Bonchev–Trinajstić information content (AvgIpc) is 3.20. The molecule has 156 valence electrons. The number of nitrogens with one attached hydrogen (secondary N) is 1. The van der Waals surface area contributed by atoms with Crippen molar-refractivity contribution in [3.63, 3.8) is 0 Å². The monoisotopic (exact) mass is 464 g/mol. The van der Waals surface area contributed by atoms with Crippen LogP contribution < -0.4 is 4.90 Å². The summed E-state index contributed by atoms with van der Waals surface area (Å²) in [4.78, 5) is 25.5. The number of carbonyl (C=O) groups excluding carboxylic acids is 1. The van der Waals surface area contributed by atoms with Crippen LogP contribution in [0.4, 0.5) is 5.69 Å². The predicted octanol–water partition coefficient (Wildman–Crippen LogP) is 4.13. The minimum absolute atomic E-state index is 0.131. The van der Waals surface area contributed by atoms with E-state index in [4.69, 9.17) is 0 Å². The number of para-hydroxylation sites is 1. The van der Waals surface area contributed by atoms with Gasteiger partial charge in [0, 0.05) is 0 Å². The molecule has 4 rings (SSSR count). The van der Waals surface area contributed by atoms with Crippen LogP contribution in [-0.4, -0.2) is 48.5 Å². The molecule has 2 heterocycles. The van der Waals surface area contributed by atoms with E-state index in [0.29, 0.717) is 12.5 Å². The summed E-state index contributed by atoms with van der Waals surface area (Å²) < 4.78 is 0.131. The van der Waals surface area contributed by atoms with Gasteiger partial charge >= 0.3 is 183 Å². The van der Waals surface area contributed by atoms with Crippen molar-refractivity contribution < 1.29 is 4.79 Å². The van der Waals surface area contributed by atoms with Crippen LogP contribution in [0.25, 0.3) is 0 Å². The number of nitrogens with zero attached hydrogens (tertiary/aromatic N) is 3. The van der Waals surface area contributed by atoms with E-state index in [2.05, 4.69) is 79.7 Å². The van der Waals surface area contributed by atoms with E-state index in [9.17, 15) is 4.79 Å². The summed E-state index contributed by atoms with van der Waals surface area (Å²) in [5, 5.41) is 0. The van der Waals surface area contributed by atoms with Gasteiger partial charge in [-0.05, 0) is 0 Å². The first kappa shape index (κ1) is 20.7. The Balaban J connectivity index is 1.55. The van der Waals surface area contributed by atoms with Crippen molar-refractivity contribution in [2.24, 2.45) is 0 Å². The first-order chi connectivity index (χ1) is 14.6. The van der Waals surface area contributed by atoms with Gasteiger partial charge in [-0.1, -0.05) is 0 Å². The van der Waals surface area contributed by atoms with Crippen molar-refractivity contribution in [3.8, 4) is 0 Å². The number of aromatic nitrogens is 2. The molecule has 1 N–H and O–H groups in total. The molecule has 1 aromatic heterocycles. The molecular formula is C24H29AsN4O. The molecule has 30 heavy (non-hydrogen) atoms. The van der Waals surface area contributed by atoms with Crippen molar-refractivity contribution in [1.82, 2.24) is 14.9 Å². The molecule has 1 aliphatic heterocycles. The van der Waals surface area contributed by atoms with Gasteiger partial charge in [0.2, 0.25) is 0 Å². The first-order valence-corrected chi connectivity index (χ1v) is 15.2. The topological polar surface area (TPSA) is 52.2 Å². The van der Waals surface area contributed by atoms with Crippen LogP contribution in [0.5, 0.6) is 0 Å². The van der Waals surface area contributed by atoms with Crippen LogP contribution in [0.3, 0.4) is 0 Å². The Hall–Kier alpha value is -2.52. The van der Waals surface area contributed by atoms with Gasteiger partial charge in [-0.25, -0.2) is 0 Å². The summed E-state index contributed by atoms with van der Waals surface area (Å²) in [6, 6.07) is 18.9. The van der Waals surface area contributed by atoms with E-state index in [1.54, 1.807) is 6.33 Å². The fourth-order valence-electron chi connectivity index (χ4n) is 4.07. The van der Waals surface area contributed by atoms with E-state index in [-0.39, 0.29) is 4.71 Å². The zero-order valence-corrected chi connectivity index (χ0v) is 19.5. The molecule has 2 aromatic carbocycles. The van der Waals surface area contributed by atoms with E-state index in [0.717, 1.165) is 31.7 Å². The maximum absolute atomic E-state index is 13.7. The van der Waals surface area contributed by atoms with Crippen LogP contribution in [0, 0.1) is 0 Å². The van der Waals surface area contributed by atoms with Crippen LogP contribution in [-0.2, 0) is 24.3 Å². The Morgan fingerprint density at radius 3 is 2.60 bits per heavy atom. The number of H-pyrrole nitrogens is 1. The van der Waals surface area contributed by atoms with Gasteiger partial charge < -0.3 is 0 Å². The Labute approximate surface area is 183 Å². The Morgan fingerprint density at radius 2 is 1.87 bits per heavy atom. The van der Waals surface area contributed by atoms with E-state index >= 15 is 0 Å².